The average molecular weight is 266 g/mol. The normalized spacial score (nSPS) is 9.61. The monoisotopic (exact) mass is 265 g/mol. The molecule has 0 atom stereocenters. The standard InChI is InChI=1S/C13H16ClN3O/c1-2-9-17(10-3-8-15)13(18)16-12-6-4-11(14)5-7-12/h4-7H,2-3,9-10H2,1H3,(H,16,18). The highest BCUT2D eigenvalue weighted by molar-refractivity contribution is 6.30. The minimum absolute atomic E-state index is 0.186. The van der Waals surface area contributed by atoms with Gasteiger partial charge in [-0.25, -0.2) is 4.79 Å². The van der Waals surface area contributed by atoms with Gasteiger partial charge in [-0.2, -0.15) is 5.26 Å². The van der Waals surface area contributed by atoms with Crippen molar-refractivity contribution in [3.05, 3.63) is 29.3 Å². The molecule has 0 aliphatic carbocycles. The summed E-state index contributed by atoms with van der Waals surface area (Å²) >= 11 is 5.77. The molecule has 96 valence electrons. The van der Waals surface area contributed by atoms with Crippen molar-refractivity contribution >= 4 is 23.3 Å². The van der Waals surface area contributed by atoms with Crippen LogP contribution in [-0.4, -0.2) is 24.0 Å². The Bertz CT molecular complexity index is 425. The molecule has 1 rings (SSSR count). The Morgan fingerprint density at radius 3 is 2.61 bits per heavy atom. The lowest BCUT2D eigenvalue weighted by Crippen LogP contribution is -2.36. The maximum absolute atomic E-state index is 12.0. The summed E-state index contributed by atoms with van der Waals surface area (Å²) in [4.78, 5) is 13.6. The smallest absolute Gasteiger partial charge is 0.321 e. The van der Waals surface area contributed by atoms with Gasteiger partial charge in [-0.1, -0.05) is 18.5 Å². The number of rotatable bonds is 5. The van der Waals surface area contributed by atoms with Crippen molar-refractivity contribution in [2.75, 3.05) is 18.4 Å². The number of carbonyl (C=O) groups is 1. The van der Waals surface area contributed by atoms with E-state index >= 15 is 0 Å². The van der Waals surface area contributed by atoms with Crippen molar-refractivity contribution in [2.24, 2.45) is 0 Å². The van der Waals surface area contributed by atoms with Gasteiger partial charge in [-0.05, 0) is 30.7 Å². The minimum atomic E-state index is -0.186. The maximum Gasteiger partial charge on any atom is 0.321 e. The second-order valence-electron chi connectivity index (χ2n) is 3.83. The molecule has 4 nitrogen and oxygen atoms in total. The van der Waals surface area contributed by atoms with Crippen molar-refractivity contribution in [1.82, 2.24) is 4.90 Å². The number of hydrogen-bond donors (Lipinski definition) is 1. The first-order valence-electron chi connectivity index (χ1n) is 5.85. The van der Waals surface area contributed by atoms with Gasteiger partial charge in [0.2, 0.25) is 0 Å². The van der Waals surface area contributed by atoms with E-state index in [2.05, 4.69) is 5.32 Å². The molecule has 18 heavy (non-hydrogen) atoms. The van der Waals surface area contributed by atoms with Crippen LogP contribution in [0.2, 0.25) is 5.02 Å². The molecule has 0 heterocycles. The van der Waals surface area contributed by atoms with E-state index in [1.54, 1.807) is 29.2 Å². The van der Waals surface area contributed by atoms with Crippen LogP contribution in [0.15, 0.2) is 24.3 Å². The number of anilines is 1. The second kappa shape index (κ2) is 7.57. The van der Waals surface area contributed by atoms with Crippen LogP contribution in [0.3, 0.4) is 0 Å². The summed E-state index contributed by atoms with van der Waals surface area (Å²) < 4.78 is 0. The maximum atomic E-state index is 12.0. The number of halogens is 1. The lowest BCUT2D eigenvalue weighted by Gasteiger charge is -2.21. The van der Waals surface area contributed by atoms with Gasteiger partial charge >= 0.3 is 6.03 Å². The molecule has 0 aliphatic heterocycles. The number of hydrogen-bond acceptors (Lipinski definition) is 2. The number of benzene rings is 1. The van der Waals surface area contributed by atoms with Gasteiger partial charge < -0.3 is 10.2 Å². The molecule has 0 saturated heterocycles. The van der Waals surface area contributed by atoms with Gasteiger partial charge in [0.15, 0.2) is 0 Å². The Balaban J connectivity index is 2.60. The van der Waals surface area contributed by atoms with Crippen molar-refractivity contribution in [1.29, 1.82) is 5.26 Å². The van der Waals surface area contributed by atoms with Gasteiger partial charge in [0, 0.05) is 23.8 Å². The van der Waals surface area contributed by atoms with E-state index in [0.717, 1.165) is 6.42 Å². The summed E-state index contributed by atoms with van der Waals surface area (Å²) in [6, 6.07) is 8.79. The molecule has 0 bridgehead atoms. The number of urea groups is 1. The Kier molecular flexibility index (Phi) is 6.03. The van der Waals surface area contributed by atoms with Crippen molar-refractivity contribution in [3.63, 3.8) is 0 Å². The second-order valence-corrected chi connectivity index (χ2v) is 4.27. The van der Waals surface area contributed by atoms with Crippen LogP contribution < -0.4 is 5.32 Å². The quantitative estimate of drug-likeness (QED) is 0.886. The van der Waals surface area contributed by atoms with Crippen LogP contribution in [0.4, 0.5) is 10.5 Å². The molecule has 1 aromatic rings. The largest absolute Gasteiger partial charge is 0.324 e. The van der Waals surface area contributed by atoms with Crippen LogP contribution >= 0.6 is 11.6 Å². The molecule has 0 radical (unpaired) electrons. The third-order valence-electron chi connectivity index (χ3n) is 2.37. The first kappa shape index (κ1) is 14.3. The Morgan fingerprint density at radius 1 is 1.39 bits per heavy atom. The predicted octanol–water partition coefficient (Wildman–Crippen LogP) is 3.50. The Morgan fingerprint density at radius 2 is 2.06 bits per heavy atom. The Hall–Kier alpha value is -1.73. The molecule has 5 heteroatoms. The molecule has 0 unspecified atom stereocenters. The van der Waals surface area contributed by atoms with Crippen molar-refractivity contribution in [2.45, 2.75) is 19.8 Å². The summed E-state index contributed by atoms with van der Waals surface area (Å²) in [5, 5.41) is 12.0. The fraction of sp³-hybridized carbons (Fsp3) is 0.385. The molecule has 0 aliphatic rings. The molecular formula is C13H16ClN3O. The first-order chi connectivity index (χ1) is 8.67. The number of nitrogens with zero attached hydrogens (tertiary/aromatic N) is 2. The van der Waals surface area contributed by atoms with Gasteiger partial charge in [-0.15, -0.1) is 0 Å². The molecule has 0 saturated carbocycles. The lowest BCUT2D eigenvalue weighted by molar-refractivity contribution is 0.213. The third-order valence-corrected chi connectivity index (χ3v) is 2.62. The molecule has 2 amide bonds. The summed E-state index contributed by atoms with van der Waals surface area (Å²) in [7, 11) is 0. The summed E-state index contributed by atoms with van der Waals surface area (Å²) in [6.07, 6.45) is 1.20. The van der Waals surface area contributed by atoms with E-state index in [1.807, 2.05) is 13.0 Å². The molecular weight excluding hydrogens is 250 g/mol. The first-order valence-corrected chi connectivity index (χ1v) is 6.23. The minimum Gasteiger partial charge on any atom is -0.324 e. The molecule has 0 aromatic heterocycles. The van der Waals surface area contributed by atoms with E-state index in [-0.39, 0.29) is 6.03 Å². The number of carbonyl (C=O) groups excluding carboxylic acids is 1. The highest BCUT2D eigenvalue weighted by Crippen LogP contribution is 2.14. The number of nitrogens with one attached hydrogen (secondary N) is 1. The summed E-state index contributed by atoms with van der Waals surface area (Å²) in [6.45, 7) is 3.08. The van der Waals surface area contributed by atoms with Crippen molar-refractivity contribution in [3.8, 4) is 6.07 Å². The van der Waals surface area contributed by atoms with Crippen LogP contribution in [0.25, 0.3) is 0 Å². The highest BCUT2D eigenvalue weighted by Gasteiger charge is 2.11. The van der Waals surface area contributed by atoms with Gasteiger partial charge in [0.05, 0.1) is 12.5 Å². The third kappa shape index (κ3) is 4.64. The molecule has 0 spiro atoms. The topological polar surface area (TPSA) is 56.1 Å². The zero-order valence-electron chi connectivity index (χ0n) is 10.3. The predicted molar refractivity (Wildman–Crippen MR) is 72.6 cm³/mol. The summed E-state index contributed by atoms with van der Waals surface area (Å²) in [5.74, 6) is 0. The van der Waals surface area contributed by atoms with Crippen LogP contribution in [0.5, 0.6) is 0 Å². The molecule has 1 aromatic carbocycles. The van der Waals surface area contributed by atoms with Gasteiger partial charge in [0.1, 0.15) is 0 Å². The van der Waals surface area contributed by atoms with Crippen LogP contribution in [-0.2, 0) is 0 Å². The van der Waals surface area contributed by atoms with E-state index in [0.29, 0.717) is 30.2 Å². The van der Waals surface area contributed by atoms with E-state index < -0.39 is 0 Å². The number of amides is 2. The average Bonchev–Trinajstić information content (AvgIpc) is 2.37. The molecule has 1 N–H and O–H groups in total. The van der Waals surface area contributed by atoms with Gasteiger partial charge in [0.25, 0.3) is 0 Å². The van der Waals surface area contributed by atoms with Crippen molar-refractivity contribution < 1.29 is 4.79 Å². The Labute approximate surface area is 112 Å². The fourth-order valence-electron chi connectivity index (χ4n) is 1.51. The van der Waals surface area contributed by atoms with Gasteiger partial charge in [-0.3, -0.25) is 0 Å². The SMILES string of the molecule is CCCN(CCC#N)C(=O)Nc1ccc(Cl)cc1. The lowest BCUT2D eigenvalue weighted by atomic mass is 10.3. The fourth-order valence-corrected chi connectivity index (χ4v) is 1.63. The zero-order valence-corrected chi connectivity index (χ0v) is 11.1. The zero-order chi connectivity index (χ0) is 13.4. The summed E-state index contributed by atoms with van der Waals surface area (Å²) in [5.41, 5.74) is 0.697. The molecule has 0 fully saturated rings. The van der Waals surface area contributed by atoms with E-state index in [9.17, 15) is 4.79 Å². The van der Waals surface area contributed by atoms with Crippen LogP contribution in [0, 0.1) is 11.3 Å². The van der Waals surface area contributed by atoms with E-state index in [4.69, 9.17) is 16.9 Å². The number of nitriles is 1. The van der Waals surface area contributed by atoms with Crippen LogP contribution in [0.1, 0.15) is 19.8 Å². The van der Waals surface area contributed by atoms with E-state index in [1.165, 1.54) is 0 Å². The highest BCUT2D eigenvalue weighted by atomic mass is 35.5.